The predicted octanol–water partition coefficient (Wildman–Crippen LogP) is 7.69. The molecule has 1 amide bonds. The molecule has 2 heterocycles. The fourth-order valence-corrected chi connectivity index (χ4v) is 6.48. The Kier molecular flexibility index (Phi) is 10.3. The van der Waals surface area contributed by atoms with E-state index < -0.39 is 8.07 Å². The van der Waals surface area contributed by atoms with Gasteiger partial charge in [-0.2, -0.15) is 5.10 Å². The van der Waals surface area contributed by atoms with Gasteiger partial charge in [-0.05, 0) is 61.3 Å². The van der Waals surface area contributed by atoms with Crippen LogP contribution in [-0.2, 0) is 27.5 Å². The normalized spacial score (nSPS) is 19.4. The Labute approximate surface area is 251 Å². The molecule has 1 aliphatic carbocycles. The van der Waals surface area contributed by atoms with Gasteiger partial charge in [0.2, 0.25) is 0 Å². The van der Waals surface area contributed by atoms with Crippen molar-refractivity contribution in [2.75, 3.05) is 19.8 Å². The Morgan fingerprint density at radius 2 is 1.64 bits per heavy atom. The first-order valence-electron chi connectivity index (χ1n) is 15.3. The van der Waals surface area contributed by atoms with E-state index in [2.05, 4.69) is 50.0 Å². The maximum Gasteiger partial charge on any atom is 0.414 e. The molecule has 0 bridgehead atoms. The Balaban J connectivity index is 1.24. The first-order valence-corrected chi connectivity index (χ1v) is 19.0. The summed E-state index contributed by atoms with van der Waals surface area (Å²) in [7, 11) is -1.14. The minimum atomic E-state index is -1.14. The quantitative estimate of drug-likeness (QED) is 0.161. The van der Waals surface area contributed by atoms with Crippen LogP contribution in [0.5, 0.6) is 0 Å². The molecule has 224 valence electrons. The molecule has 0 atom stereocenters. The minimum Gasteiger partial charge on any atom is -0.444 e. The molecule has 0 saturated heterocycles. The zero-order valence-electron chi connectivity index (χ0n) is 25.3. The molecule has 0 N–H and O–H groups in total. The van der Waals surface area contributed by atoms with Crippen molar-refractivity contribution in [1.29, 1.82) is 0 Å². The second-order valence-electron chi connectivity index (χ2n) is 12.7. The van der Waals surface area contributed by atoms with E-state index >= 15 is 0 Å². The molecule has 0 unspecified atom stereocenters. The van der Waals surface area contributed by atoms with Crippen LogP contribution in [0, 0.1) is 0 Å². The molecular formula is C34H45N3O4Si. The summed E-state index contributed by atoms with van der Waals surface area (Å²) in [6.07, 6.45) is 6.78. The number of carbonyl (C=O) groups excluding carboxylic acids is 1. The molecule has 3 aromatic rings. The number of benzene rings is 2. The van der Waals surface area contributed by atoms with Crippen LogP contribution < -0.4 is 0 Å². The monoisotopic (exact) mass is 587 g/mol. The Hall–Kier alpha value is -3.20. The summed E-state index contributed by atoms with van der Waals surface area (Å²) in [5.41, 5.74) is 5.17. The number of aromatic nitrogens is 2. The zero-order chi connectivity index (χ0) is 29.4. The van der Waals surface area contributed by atoms with E-state index in [-0.39, 0.29) is 18.8 Å². The zero-order valence-corrected chi connectivity index (χ0v) is 26.3. The van der Waals surface area contributed by atoms with Crippen LogP contribution >= 0.6 is 0 Å². The molecule has 1 aromatic heterocycles. The molecule has 1 saturated carbocycles. The summed E-state index contributed by atoms with van der Waals surface area (Å²) in [4.78, 5) is 15.0. The summed E-state index contributed by atoms with van der Waals surface area (Å²) >= 11 is 0. The average molecular weight is 588 g/mol. The van der Waals surface area contributed by atoms with Gasteiger partial charge in [-0.3, -0.25) is 4.90 Å². The number of ether oxygens (including phenoxy) is 3. The summed E-state index contributed by atoms with van der Waals surface area (Å²) in [6.45, 7) is 9.40. The van der Waals surface area contributed by atoms with Gasteiger partial charge in [-0.15, -0.1) is 0 Å². The van der Waals surface area contributed by atoms with E-state index in [0.717, 1.165) is 60.9 Å². The standard InChI is InChI=1S/C34H45N3O4Si/c1-42(2,3)23-22-39-26-36-20-19-32(35-36)31-18-21-37(34(38)41-24-27-10-6-4-7-11-27)33(31)25-40-30-16-14-29(15-17-30)28-12-8-5-9-13-28/h4-13,19-20,29-30H,14-18,21-26H2,1-3H3/t29-,30-. The van der Waals surface area contributed by atoms with Gasteiger partial charge >= 0.3 is 6.09 Å². The van der Waals surface area contributed by atoms with Crippen molar-refractivity contribution in [1.82, 2.24) is 14.7 Å². The summed E-state index contributed by atoms with van der Waals surface area (Å²) in [5.74, 6) is 0.591. The first kappa shape index (κ1) is 30.3. The van der Waals surface area contributed by atoms with Crippen LogP contribution in [0.15, 0.2) is 78.6 Å². The van der Waals surface area contributed by atoms with Crippen molar-refractivity contribution >= 4 is 19.7 Å². The van der Waals surface area contributed by atoms with E-state index in [0.29, 0.717) is 32.2 Å². The van der Waals surface area contributed by atoms with Gasteiger partial charge in [0.1, 0.15) is 13.3 Å². The maximum atomic E-state index is 13.3. The second kappa shape index (κ2) is 14.3. The number of hydrogen-bond acceptors (Lipinski definition) is 5. The Morgan fingerprint density at radius 1 is 0.929 bits per heavy atom. The molecule has 1 fully saturated rings. The highest BCUT2D eigenvalue weighted by molar-refractivity contribution is 6.76. The topological polar surface area (TPSA) is 65.8 Å². The van der Waals surface area contributed by atoms with E-state index in [1.165, 1.54) is 5.56 Å². The maximum absolute atomic E-state index is 13.3. The summed E-state index contributed by atoms with van der Waals surface area (Å²) in [6, 6.07) is 23.7. The molecular weight excluding hydrogens is 542 g/mol. The predicted molar refractivity (Wildman–Crippen MR) is 169 cm³/mol. The van der Waals surface area contributed by atoms with Crippen molar-refractivity contribution in [2.24, 2.45) is 0 Å². The molecule has 0 spiro atoms. The van der Waals surface area contributed by atoms with Crippen LogP contribution in [0.25, 0.3) is 5.57 Å². The number of hydrogen-bond donors (Lipinski definition) is 0. The van der Waals surface area contributed by atoms with Crippen molar-refractivity contribution in [3.05, 3.63) is 95.4 Å². The van der Waals surface area contributed by atoms with Crippen LogP contribution in [-0.4, -0.2) is 54.7 Å². The fourth-order valence-electron chi connectivity index (χ4n) is 5.72. The van der Waals surface area contributed by atoms with Gasteiger partial charge in [0.25, 0.3) is 0 Å². The van der Waals surface area contributed by atoms with Crippen molar-refractivity contribution in [2.45, 2.75) is 83.1 Å². The van der Waals surface area contributed by atoms with Crippen molar-refractivity contribution in [3.63, 3.8) is 0 Å². The molecule has 5 rings (SSSR count). The van der Waals surface area contributed by atoms with E-state index in [9.17, 15) is 4.79 Å². The van der Waals surface area contributed by atoms with Crippen molar-refractivity contribution < 1.29 is 19.0 Å². The number of nitrogens with zero attached hydrogens (tertiary/aromatic N) is 3. The lowest BCUT2D eigenvalue weighted by atomic mass is 9.83. The van der Waals surface area contributed by atoms with Gasteiger partial charge in [0, 0.05) is 33.0 Å². The van der Waals surface area contributed by atoms with E-state index in [4.69, 9.17) is 19.3 Å². The third kappa shape index (κ3) is 8.43. The average Bonchev–Trinajstić information content (AvgIpc) is 3.65. The van der Waals surface area contributed by atoms with Crippen LogP contribution in [0.2, 0.25) is 25.7 Å². The van der Waals surface area contributed by atoms with Crippen molar-refractivity contribution in [3.8, 4) is 0 Å². The summed E-state index contributed by atoms with van der Waals surface area (Å²) in [5, 5.41) is 4.81. The summed E-state index contributed by atoms with van der Waals surface area (Å²) < 4.78 is 20.0. The van der Waals surface area contributed by atoms with Crippen LogP contribution in [0.1, 0.15) is 54.8 Å². The van der Waals surface area contributed by atoms with Gasteiger partial charge in [0.15, 0.2) is 0 Å². The van der Waals surface area contributed by atoms with Gasteiger partial charge in [-0.25, -0.2) is 9.48 Å². The van der Waals surface area contributed by atoms with E-state index in [1.54, 1.807) is 4.90 Å². The number of rotatable bonds is 12. The van der Waals surface area contributed by atoms with E-state index in [1.807, 2.05) is 47.3 Å². The Morgan fingerprint density at radius 3 is 2.36 bits per heavy atom. The molecule has 8 heteroatoms. The molecule has 2 aromatic carbocycles. The molecule has 42 heavy (non-hydrogen) atoms. The highest BCUT2D eigenvalue weighted by Crippen LogP contribution is 2.36. The Bertz CT molecular complexity index is 1310. The third-order valence-electron chi connectivity index (χ3n) is 8.26. The molecule has 1 aliphatic heterocycles. The SMILES string of the molecule is C[Si](C)(C)CCOCn1ccc(C2=C(CO[C@H]3CC[C@H](c4ccccc4)CC3)N(C(=O)OCc3ccccc3)CC2)n1. The molecule has 0 radical (unpaired) electrons. The molecule has 7 nitrogen and oxygen atoms in total. The minimum absolute atomic E-state index is 0.179. The second-order valence-corrected chi connectivity index (χ2v) is 18.3. The van der Waals surface area contributed by atoms with Crippen LogP contribution in [0.3, 0.4) is 0 Å². The largest absolute Gasteiger partial charge is 0.444 e. The molecule has 2 aliphatic rings. The number of amides is 1. The number of carbonyl (C=O) groups is 1. The lowest BCUT2D eigenvalue weighted by Gasteiger charge is -2.30. The highest BCUT2D eigenvalue weighted by Gasteiger charge is 2.32. The third-order valence-corrected chi connectivity index (χ3v) is 9.96. The smallest absolute Gasteiger partial charge is 0.414 e. The van der Waals surface area contributed by atoms with Gasteiger partial charge < -0.3 is 14.2 Å². The lowest BCUT2D eigenvalue weighted by Crippen LogP contribution is -2.31. The first-order chi connectivity index (χ1) is 20.4. The lowest BCUT2D eigenvalue weighted by molar-refractivity contribution is 0.0286. The highest BCUT2D eigenvalue weighted by atomic mass is 28.3. The van der Waals surface area contributed by atoms with Gasteiger partial charge in [0.05, 0.1) is 24.1 Å². The fraction of sp³-hybridized carbons (Fsp3) is 0.471. The van der Waals surface area contributed by atoms with Gasteiger partial charge in [-0.1, -0.05) is 80.3 Å². The van der Waals surface area contributed by atoms with Crippen LogP contribution in [0.4, 0.5) is 4.79 Å².